The molecule has 6 heteroatoms. The van der Waals surface area contributed by atoms with Crippen LogP contribution >= 0.6 is 0 Å². The van der Waals surface area contributed by atoms with Gasteiger partial charge in [0.1, 0.15) is 5.82 Å². The Morgan fingerprint density at radius 2 is 1.75 bits per heavy atom. The number of nitrogen functional groups attached to an aromatic ring is 1. The topological polar surface area (TPSA) is 43.8 Å². The highest BCUT2D eigenvalue weighted by Gasteiger charge is 2.30. The lowest BCUT2D eigenvalue weighted by Gasteiger charge is -2.14. The number of hydrogen-bond donors (Lipinski definition) is 1. The lowest BCUT2D eigenvalue weighted by Crippen LogP contribution is -2.13. The van der Waals surface area contributed by atoms with E-state index in [0.29, 0.717) is 11.5 Å². The molecule has 0 spiro atoms. The van der Waals surface area contributed by atoms with Crippen LogP contribution in [0.25, 0.3) is 5.69 Å². The van der Waals surface area contributed by atoms with E-state index in [1.165, 1.54) is 10.7 Å². The molecule has 20 heavy (non-hydrogen) atoms. The maximum absolute atomic E-state index is 12.7. The number of halogens is 3. The van der Waals surface area contributed by atoms with Crippen LogP contribution in [-0.4, -0.2) is 9.78 Å². The van der Waals surface area contributed by atoms with E-state index < -0.39 is 11.7 Å². The van der Waals surface area contributed by atoms with Gasteiger partial charge < -0.3 is 5.73 Å². The minimum absolute atomic E-state index is 0.221. The predicted octanol–water partition coefficient (Wildman–Crippen LogP) is 3.77. The number of nitrogens with zero attached hydrogens (tertiary/aromatic N) is 2. The first-order chi connectivity index (χ1) is 9.09. The lowest BCUT2D eigenvalue weighted by atomic mass is 9.92. The molecule has 1 aromatic carbocycles. The van der Waals surface area contributed by atoms with Crippen molar-refractivity contribution in [1.29, 1.82) is 0 Å². The summed E-state index contributed by atoms with van der Waals surface area (Å²) >= 11 is 0. The smallest absolute Gasteiger partial charge is 0.384 e. The van der Waals surface area contributed by atoms with Gasteiger partial charge in [0, 0.05) is 11.5 Å². The zero-order chi connectivity index (χ0) is 15.1. The van der Waals surface area contributed by atoms with Gasteiger partial charge in [-0.2, -0.15) is 18.3 Å². The van der Waals surface area contributed by atoms with Gasteiger partial charge in [0.25, 0.3) is 0 Å². The summed E-state index contributed by atoms with van der Waals surface area (Å²) in [6.45, 7) is 5.89. The fourth-order valence-corrected chi connectivity index (χ4v) is 1.78. The number of benzene rings is 1. The van der Waals surface area contributed by atoms with Crippen molar-refractivity contribution in [2.75, 3.05) is 5.73 Å². The number of hydrogen-bond acceptors (Lipinski definition) is 2. The normalized spacial score (nSPS) is 12.7. The number of aromatic nitrogens is 2. The second-order valence-corrected chi connectivity index (χ2v) is 5.66. The molecule has 108 valence electrons. The molecule has 3 nitrogen and oxygen atoms in total. The summed E-state index contributed by atoms with van der Waals surface area (Å²) in [6.07, 6.45) is -4.38. The van der Waals surface area contributed by atoms with E-state index in [9.17, 15) is 13.2 Å². The molecule has 0 radical (unpaired) electrons. The van der Waals surface area contributed by atoms with Crippen molar-refractivity contribution >= 4 is 5.82 Å². The quantitative estimate of drug-likeness (QED) is 0.865. The van der Waals surface area contributed by atoms with Gasteiger partial charge in [0.15, 0.2) is 0 Å². The third-order valence-electron chi connectivity index (χ3n) is 2.92. The molecule has 2 N–H and O–H groups in total. The molecule has 0 fully saturated rings. The van der Waals surface area contributed by atoms with E-state index in [4.69, 9.17) is 5.73 Å². The Morgan fingerprint density at radius 3 is 2.25 bits per heavy atom. The average molecular weight is 283 g/mol. The standard InChI is InChI=1S/C14H16F3N3/c1-13(2,3)11-8-12(18)20(19-11)10-6-4-5-9(7-10)14(15,16)17/h4-8H,18H2,1-3H3. The Morgan fingerprint density at radius 1 is 1.10 bits per heavy atom. The molecule has 0 aliphatic heterocycles. The van der Waals surface area contributed by atoms with Crippen LogP contribution in [0.1, 0.15) is 32.0 Å². The van der Waals surface area contributed by atoms with E-state index in [1.54, 1.807) is 12.1 Å². The number of anilines is 1. The maximum Gasteiger partial charge on any atom is 0.416 e. The molecule has 0 saturated heterocycles. The first-order valence-electron chi connectivity index (χ1n) is 6.13. The zero-order valence-corrected chi connectivity index (χ0v) is 11.5. The summed E-state index contributed by atoms with van der Waals surface area (Å²) in [6, 6.07) is 6.63. The highest BCUT2D eigenvalue weighted by Crippen LogP contribution is 2.31. The molecule has 0 aliphatic rings. The van der Waals surface area contributed by atoms with E-state index in [-0.39, 0.29) is 5.41 Å². The molecule has 0 amide bonds. The van der Waals surface area contributed by atoms with Gasteiger partial charge in [0.05, 0.1) is 16.9 Å². The Bertz CT molecular complexity index is 621. The molecule has 1 aromatic heterocycles. The highest BCUT2D eigenvalue weighted by molar-refractivity contribution is 5.45. The van der Waals surface area contributed by atoms with E-state index >= 15 is 0 Å². The summed E-state index contributed by atoms with van der Waals surface area (Å²) in [7, 11) is 0. The van der Waals surface area contributed by atoms with E-state index in [1.807, 2.05) is 20.8 Å². The molecule has 0 aliphatic carbocycles. The van der Waals surface area contributed by atoms with Crippen molar-refractivity contribution in [3.63, 3.8) is 0 Å². The molecule has 0 saturated carbocycles. The average Bonchev–Trinajstić information content (AvgIpc) is 2.70. The van der Waals surface area contributed by atoms with Crippen LogP contribution in [0.15, 0.2) is 30.3 Å². The highest BCUT2D eigenvalue weighted by atomic mass is 19.4. The van der Waals surface area contributed by atoms with Crippen molar-refractivity contribution in [3.05, 3.63) is 41.6 Å². The second kappa shape index (κ2) is 4.54. The summed E-state index contributed by atoms with van der Waals surface area (Å²) in [5.74, 6) is 0.314. The second-order valence-electron chi connectivity index (χ2n) is 5.66. The van der Waals surface area contributed by atoms with Crippen LogP contribution in [0.5, 0.6) is 0 Å². The van der Waals surface area contributed by atoms with Crippen molar-refractivity contribution in [2.45, 2.75) is 32.4 Å². The van der Waals surface area contributed by atoms with Gasteiger partial charge in [0.2, 0.25) is 0 Å². The number of nitrogens with two attached hydrogens (primary N) is 1. The van der Waals surface area contributed by atoms with Crippen molar-refractivity contribution in [3.8, 4) is 5.69 Å². The predicted molar refractivity (Wildman–Crippen MR) is 71.7 cm³/mol. The van der Waals surface area contributed by atoms with Crippen LogP contribution in [0.4, 0.5) is 19.0 Å². The Labute approximate surface area is 115 Å². The largest absolute Gasteiger partial charge is 0.416 e. The summed E-state index contributed by atoms with van der Waals surface area (Å²) in [5, 5.41) is 4.30. The van der Waals surface area contributed by atoms with Crippen LogP contribution in [0.2, 0.25) is 0 Å². The van der Waals surface area contributed by atoms with Crippen LogP contribution in [0.3, 0.4) is 0 Å². The molecule has 1 heterocycles. The minimum atomic E-state index is -4.38. The van der Waals surface area contributed by atoms with Gasteiger partial charge in [-0.25, -0.2) is 4.68 Å². The summed E-state index contributed by atoms with van der Waals surface area (Å²) < 4.78 is 39.5. The van der Waals surface area contributed by atoms with E-state index in [2.05, 4.69) is 5.10 Å². The van der Waals surface area contributed by atoms with Crippen molar-refractivity contribution in [1.82, 2.24) is 9.78 Å². The third kappa shape index (κ3) is 2.79. The Hall–Kier alpha value is -1.98. The number of rotatable bonds is 1. The van der Waals surface area contributed by atoms with Crippen molar-refractivity contribution in [2.24, 2.45) is 0 Å². The first-order valence-corrected chi connectivity index (χ1v) is 6.13. The molecule has 2 aromatic rings. The van der Waals surface area contributed by atoms with Gasteiger partial charge in [-0.1, -0.05) is 26.8 Å². The monoisotopic (exact) mass is 283 g/mol. The van der Waals surface area contributed by atoms with Gasteiger partial charge in [-0.15, -0.1) is 0 Å². The SMILES string of the molecule is CC(C)(C)c1cc(N)n(-c2cccc(C(F)(F)F)c2)n1. The fraction of sp³-hybridized carbons (Fsp3) is 0.357. The summed E-state index contributed by atoms with van der Waals surface area (Å²) in [5.41, 5.74) is 5.94. The molecule has 0 atom stereocenters. The minimum Gasteiger partial charge on any atom is -0.384 e. The maximum atomic E-state index is 12.7. The Balaban J connectivity index is 2.50. The molecule has 0 bridgehead atoms. The third-order valence-corrected chi connectivity index (χ3v) is 2.92. The molecular weight excluding hydrogens is 267 g/mol. The number of alkyl halides is 3. The first kappa shape index (κ1) is 14.4. The lowest BCUT2D eigenvalue weighted by molar-refractivity contribution is -0.137. The molecule has 0 unspecified atom stereocenters. The zero-order valence-electron chi connectivity index (χ0n) is 11.5. The van der Waals surface area contributed by atoms with Crippen LogP contribution in [0, 0.1) is 0 Å². The molecular formula is C14H16F3N3. The van der Waals surface area contributed by atoms with E-state index in [0.717, 1.165) is 17.8 Å². The Kier molecular flexibility index (Phi) is 3.28. The van der Waals surface area contributed by atoms with Crippen LogP contribution in [-0.2, 0) is 11.6 Å². The van der Waals surface area contributed by atoms with Gasteiger partial charge in [-0.3, -0.25) is 0 Å². The van der Waals surface area contributed by atoms with Gasteiger partial charge in [-0.05, 0) is 18.2 Å². The fourth-order valence-electron chi connectivity index (χ4n) is 1.78. The molecule has 2 rings (SSSR count). The summed E-state index contributed by atoms with van der Waals surface area (Å²) in [4.78, 5) is 0. The van der Waals surface area contributed by atoms with Crippen LogP contribution < -0.4 is 5.73 Å². The van der Waals surface area contributed by atoms with Gasteiger partial charge >= 0.3 is 6.18 Å². The van der Waals surface area contributed by atoms with Crippen molar-refractivity contribution < 1.29 is 13.2 Å².